The van der Waals surface area contributed by atoms with E-state index in [2.05, 4.69) is 20.8 Å². The number of rotatable bonds is 19. The van der Waals surface area contributed by atoms with E-state index in [0.29, 0.717) is 30.0 Å². The maximum Gasteiger partial charge on any atom is 0.408 e. The molecule has 282 valence electrons. The fraction of sp³-hybridized carbons (Fsp3) is 0.474. The summed E-state index contributed by atoms with van der Waals surface area (Å²) >= 11 is 0. The number of oxime groups is 1. The summed E-state index contributed by atoms with van der Waals surface area (Å²) in [6.07, 6.45) is 3.63. The van der Waals surface area contributed by atoms with Crippen LogP contribution >= 0.6 is 0 Å². The molecule has 13 nitrogen and oxygen atoms in total. The van der Waals surface area contributed by atoms with Gasteiger partial charge in [-0.05, 0) is 66.5 Å². The number of sulfonamides is 1. The van der Waals surface area contributed by atoms with E-state index in [9.17, 15) is 23.1 Å². The Bertz CT molecular complexity index is 1700. The maximum atomic E-state index is 14.1. The van der Waals surface area contributed by atoms with Crippen LogP contribution in [-0.4, -0.2) is 84.6 Å². The third-order valence-electron chi connectivity index (χ3n) is 9.42. The van der Waals surface area contributed by atoms with Gasteiger partial charge in [0.05, 0.1) is 41.3 Å². The third kappa shape index (κ3) is 11.8. The van der Waals surface area contributed by atoms with Crippen LogP contribution in [0.1, 0.15) is 68.5 Å². The van der Waals surface area contributed by atoms with Crippen LogP contribution in [0.15, 0.2) is 82.8 Å². The van der Waals surface area contributed by atoms with Crippen LogP contribution in [0.2, 0.25) is 0 Å². The number of nitrogens with one attached hydrogen (secondary N) is 2. The van der Waals surface area contributed by atoms with E-state index in [4.69, 9.17) is 14.7 Å². The predicted molar refractivity (Wildman–Crippen MR) is 196 cm³/mol. The van der Waals surface area contributed by atoms with E-state index in [0.717, 1.165) is 31.2 Å². The first-order valence-corrected chi connectivity index (χ1v) is 19.1. The van der Waals surface area contributed by atoms with Gasteiger partial charge < -0.3 is 30.4 Å². The molecular weight excluding hydrogens is 687 g/mol. The molecule has 0 bridgehead atoms. The van der Waals surface area contributed by atoms with Crippen LogP contribution in [0, 0.1) is 11.8 Å². The Morgan fingerprint density at radius 2 is 1.67 bits per heavy atom. The van der Waals surface area contributed by atoms with Gasteiger partial charge in [0.25, 0.3) is 0 Å². The number of benzene rings is 2. The summed E-state index contributed by atoms with van der Waals surface area (Å²) in [6, 6.07) is 18.7. The van der Waals surface area contributed by atoms with Gasteiger partial charge in [-0.25, -0.2) is 13.2 Å². The molecule has 1 saturated carbocycles. The molecule has 0 radical (unpaired) electrons. The van der Waals surface area contributed by atoms with Crippen molar-refractivity contribution in [3.05, 3.63) is 95.3 Å². The fourth-order valence-electron chi connectivity index (χ4n) is 6.30. The number of aliphatic hydroxyl groups excluding tert-OH is 1. The van der Waals surface area contributed by atoms with E-state index in [-0.39, 0.29) is 42.8 Å². The van der Waals surface area contributed by atoms with E-state index >= 15 is 0 Å². The average Bonchev–Trinajstić information content (AvgIpc) is 3.66. The van der Waals surface area contributed by atoms with Crippen molar-refractivity contribution in [1.82, 2.24) is 19.9 Å². The highest BCUT2D eigenvalue weighted by Gasteiger charge is 2.35. The van der Waals surface area contributed by atoms with Crippen molar-refractivity contribution in [3.63, 3.8) is 0 Å². The van der Waals surface area contributed by atoms with E-state index < -0.39 is 40.2 Å². The van der Waals surface area contributed by atoms with E-state index in [1.54, 1.807) is 25.3 Å². The minimum atomic E-state index is -4.07. The summed E-state index contributed by atoms with van der Waals surface area (Å²) in [6.45, 7) is 3.87. The number of pyridine rings is 1. The number of amides is 2. The zero-order valence-corrected chi connectivity index (χ0v) is 30.9. The summed E-state index contributed by atoms with van der Waals surface area (Å²) in [5.74, 6) is -0.700. The molecule has 4 atom stereocenters. The quantitative estimate of drug-likeness (QED) is 0.0775. The normalized spacial score (nSPS) is 16.0. The topological polar surface area (TPSA) is 180 Å². The molecule has 52 heavy (non-hydrogen) atoms. The number of ether oxygens (including phenoxy) is 2. The molecule has 4 rings (SSSR count). The van der Waals surface area contributed by atoms with E-state index in [1.807, 2.05) is 44.2 Å². The second-order valence-corrected chi connectivity index (χ2v) is 15.2. The SMILES string of the molecule is CC[C@H](C)[C@H](NC(=O)OCc1cccc(COC)n1)C(=O)N[C@@H](Cc1ccccc1)[C@H](O)CN(CC1CCCC1)S(=O)(=O)c1ccc(C=NO)cc1. The summed E-state index contributed by atoms with van der Waals surface area (Å²) in [5.41, 5.74) is 2.56. The smallest absolute Gasteiger partial charge is 0.408 e. The lowest BCUT2D eigenvalue weighted by atomic mass is 9.96. The van der Waals surface area contributed by atoms with Gasteiger partial charge in [0.15, 0.2) is 0 Å². The first kappa shape index (κ1) is 40.4. The molecule has 0 saturated heterocycles. The van der Waals surface area contributed by atoms with Crippen LogP contribution in [0.5, 0.6) is 0 Å². The third-order valence-corrected chi connectivity index (χ3v) is 11.3. The Kier molecular flexibility index (Phi) is 15.6. The number of hydrogen-bond acceptors (Lipinski definition) is 10. The number of methoxy groups -OCH3 is 1. The number of carbonyl (C=O) groups excluding carboxylic acids is 2. The average molecular weight is 738 g/mol. The van der Waals surface area contributed by atoms with Crippen molar-refractivity contribution in [2.75, 3.05) is 20.2 Å². The van der Waals surface area contributed by atoms with Crippen LogP contribution in [0.25, 0.3) is 0 Å². The minimum absolute atomic E-state index is 0.0385. The van der Waals surface area contributed by atoms with Gasteiger partial charge in [-0.15, -0.1) is 0 Å². The van der Waals surface area contributed by atoms with Crippen molar-refractivity contribution in [3.8, 4) is 0 Å². The molecule has 1 fully saturated rings. The van der Waals surface area contributed by atoms with Gasteiger partial charge in [-0.1, -0.05) is 86.8 Å². The predicted octanol–water partition coefficient (Wildman–Crippen LogP) is 4.65. The van der Waals surface area contributed by atoms with Gasteiger partial charge in [-0.2, -0.15) is 4.31 Å². The second kappa shape index (κ2) is 20.0. The largest absolute Gasteiger partial charge is 0.443 e. The highest BCUT2D eigenvalue weighted by molar-refractivity contribution is 7.89. The molecule has 1 aliphatic rings. The number of alkyl carbamates (subject to hydrolysis) is 1. The summed E-state index contributed by atoms with van der Waals surface area (Å²) < 4.78 is 40.0. The van der Waals surface area contributed by atoms with Crippen molar-refractivity contribution < 1.29 is 37.8 Å². The molecule has 0 unspecified atom stereocenters. The van der Waals surface area contributed by atoms with Gasteiger partial charge in [0, 0.05) is 20.2 Å². The lowest BCUT2D eigenvalue weighted by molar-refractivity contribution is -0.125. The van der Waals surface area contributed by atoms with Crippen LogP contribution in [0.4, 0.5) is 4.79 Å². The first-order chi connectivity index (χ1) is 25.0. The Morgan fingerprint density at radius 1 is 1.00 bits per heavy atom. The molecule has 1 aromatic heterocycles. The lowest BCUT2D eigenvalue weighted by Gasteiger charge is -2.32. The van der Waals surface area contributed by atoms with Crippen molar-refractivity contribution >= 4 is 28.2 Å². The fourth-order valence-corrected chi connectivity index (χ4v) is 7.84. The van der Waals surface area contributed by atoms with Gasteiger partial charge in [0.2, 0.25) is 15.9 Å². The first-order valence-electron chi connectivity index (χ1n) is 17.7. The molecule has 0 spiro atoms. The standard InChI is InChI=1S/C38H51N5O8S/c1-4-27(2)36(42-38(46)51-26-32-16-10-15-31(40-32)25-50-3)37(45)41-34(21-28-11-6-5-7-12-28)35(44)24-43(23-30-13-8-9-14-30)52(48,49)33-19-17-29(18-20-33)22-39-47/h5-7,10-12,15-20,22,27,30,34-36,44,47H,4,8-9,13-14,21,23-26H2,1-3H3,(H,41,45)(H,42,46)/t27-,34-,35+,36-/m0/s1. The highest BCUT2D eigenvalue weighted by atomic mass is 32.2. The zero-order chi connectivity index (χ0) is 37.5. The summed E-state index contributed by atoms with van der Waals surface area (Å²) in [5, 5.41) is 29.4. The maximum absolute atomic E-state index is 14.1. The van der Waals surface area contributed by atoms with Crippen LogP contribution < -0.4 is 10.6 Å². The van der Waals surface area contributed by atoms with E-state index in [1.165, 1.54) is 34.8 Å². The Hall–Kier alpha value is -4.37. The number of carbonyl (C=O) groups is 2. The van der Waals surface area contributed by atoms with Crippen molar-refractivity contribution in [2.24, 2.45) is 17.0 Å². The molecule has 14 heteroatoms. The van der Waals surface area contributed by atoms with Crippen LogP contribution in [-0.2, 0) is 43.9 Å². The lowest BCUT2D eigenvalue weighted by Crippen LogP contribution is -2.57. The zero-order valence-electron chi connectivity index (χ0n) is 30.1. The van der Waals surface area contributed by atoms with Gasteiger partial charge in [-0.3, -0.25) is 9.78 Å². The van der Waals surface area contributed by atoms with Crippen LogP contribution in [0.3, 0.4) is 0 Å². The molecular formula is C38H51N5O8S. The molecule has 1 heterocycles. The summed E-state index contributed by atoms with van der Waals surface area (Å²) in [4.78, 5) is 31.4. The second-order valence-electron chi connectivity index (χ2n) is 13.3. The Balaban J connectivity index is 1.54. The molecule has 3 aromatic rings. The van der Waals surface area contributed by atoms with Gasteiger partial charge in [0.1, 0.15) is 12.6 Å². The van der Waals surface area contributed by atoms with Gasteiger partial charge >= 0.3 is 6.09 Å². The number of nitrogens with zero attached hydrogens (tertiary/aromatic N) is 3. The Morgan fingerprint density at radius 3 is 2.31 bits per heavy atom. The molecule has 4 N–H and O–H groups in total. The molecule has 1 aliphatic carbocycles. The Labute approximate surface area is 306 Å². The number of hydrogen-bond donors (Lipinski definition) is 4. The molecule has 2 aromatic carbocycles. The number of aliphatic hydroxyl groups is 1. The monoisotopic (exact) mass is 737 g/mol. The minimum Gasteiger partial charge on any atom is -0.443 e. The molecule has 0 aliphatic heterocycles. The highest BCUT2D eigenvalue weighted by Crippen LogP contribution is 2.28. The van der Waals surface area contributed by atoms with Crippen molar-refractivity contribution in [2.45, 2.75) is 88.7 Å². The summed E-state index contributed by atoms with van der Waals surface area (Å²) in [7, 11) is -2.50. The number of aromatic nitrogens is 1. The van der Waals surface area contributed by atoms with Crippen molar-refractivity contribution in [1.29, 1.82) is 0 Å². The molecule has 2 amide bonds.